The molecule has 220 valence electrons. The summed E-state index contributed by atoms with van der Waals surface area (Å²) in [5.41, 5.74) is 1.42. The van der Waals surface area contributed by atoms with Gasteiger partial charge in [0, 0.05) is 34.5 Å². The molecule has 1 aliphatic rings. The first kappa shape index (κ1) is 28.3. The molecule has 1 heterocycles. The van der Waals surface area contributed by atoms with Crippen molar-refractivity contribution in [1.29, 1.82) is 0 Å². The Hall–Kier alpha value is -4.80. The Morgan fingerprint density at radius 2 is 1.67 bits per heavy atom. The maximum Gasteiger partial charge on any atom is 0.411 e. The summed E-state index contributed by atoms with van der Waals surface area (Å²) in [6.07, 6.45) is 0.629. The summed E-state index contributed by atoms with van der Waals surface area (Å²) < 4.78 is 35.1. The standard InChI is InChI=1S/C33H31N3O6S/c1-42-23-13-15-24(16-14-23)43(40,41)35-29-19-28(31-25-9-3-2-7-21(25)12-17-30(31)37)32(27-11-5-4-10-26(27)29)36(33(38)39)20-22-8-6-18-34-22/h2-5,7,9-17,19,22,34-35,37H,6,8,18,20H2,1H3,(H,38,39)/t22-/m1/s1. The molecule has 1 aliphatic heterocycles. The van der Waals surface area contributed by atoms with Gasteiger partial charge in [-0.15, -0.1) is 0 Å². The molecular formula is C33H31N3O6S. The molecule has 0 saturated carbocycles. The number of aromatic hydroxyl groups is 1. The number of amides is 1. The topological polar surface area (TPSA) is 128 Å². The summed E-state index contributed by atoms with van der Waals surface area (Å²) in [6.45, 7) is 0.997. The lowest BCUT2D eigenvalue weighted by Crippen LogP contribution is -2.41. The molecular weight excluding hydrogens is 566 g/mol. The van der Waals surface area contributed by atoms with Gasteiger partial charge in [-0.3, -0.25) is 9.62 Å². The Labute approximate surface area is 249 Å². The van der Waals surface area contributed by atoms with Crippen molar-refractivity contribution in [2.45, 2.75) is 23.8 Å². The molecule has 10 heteroatoms. The number of nitrogens with zero attached hydrogens (tertiary/aromatic N) is 1. The van der Waals surface area contributed by atoms with Crippen LogP contribution in [-0.2, 0) is 10.0 Å². The van der Waals surface area contributed by atoms with E-state index in [1.807, 2.05) is 24.3 Å². The summed E-state index contributed by atoms with van der Waals surface area (Å²) >= 11 is 0. The Kier molecular flexibility index (Phi) is 7.55. The van der Waals surface area contributed by atoms with E-state index >= 15 is 0 Å². The highest BCUT2D eigenvalue weighted by Crippen LogP contribution is 2.47. The van der Waals surface area contributed by atoms with Crippen molar-refractivity contribution in [2.75, 3.05) is 29.8 Å². The van der Waals surface area contributed by atoms with Crippen molar-refractivity contribution in [3.8, 4) is 22.6 Å². The fourth-order valence-electron chi connectivity index (χ4n) is 5.83. The van der Waals surface area contributed by atoms with Gasteiger partial charge >= 0.3 is 6.09 Å². The number of carbonyl (C=O) groups is 1. The zero-order chi connectivity index (χ0) is 30.1. The molecule has 1 saturated heterocycles. The number of ether oxygens (including phenoxy) is 1. The average molecular weight is 598 g/mol. The van der Waals surface area contributed by atoms with Crippen LogP contribution in [0.1, 0.15) is 12.8 Å². The number of carboxylic acid groups (broad SMARTS) is 1. The summed E-state index contributed by atoms with van der Waals surface area (Å²) in [4.78, 5) is 14.3. The van der Waals surface area contributed by atoms with E-state index in [0.29, 0.717) is 38.7 Å². The SMILES string of the molecule is COc1ccc(S(=O)(=O)Nc2cc(-c3c(O)ccc4ccccc34)c(N(C[C@H]3CCCN3)C(=O)O)c3ccccc23)cc1. The first-order valence-electron chi connectivity index (χ1n) is 13.9. The van der Waals surface area contributed by atoms with Gasteiger partial charge in [-0.25, -0.2) is 13.2 Å². The largest absolute Gasteiger partial charge is 0.507 e. The Balaban J connectivity index is 1.63. The highest BCUT2D eigenvalue weighted by Gasteiger charge is 2.29. The smallest absolute Gasteiger partial charge is 0.411 e. The third-order valence-electron chi connectivity index (χ3n) is 7.87. The van der Waals surface area contributed by atoms with Crippen LogP contribution in [-0.4, -0.2) is 51.0 Å². The lowest BCUT2D eigenvalue weighted by Gasteiger charge is -2.28. The molecule has 0 bridgehead atoms. The third kappa shape index (κ3) is 5.42. The Morgan fingerprint density at radius 3 is 2.35 bits per heavy atom. The average Bonchev–Trinajstić information content (AvgIpc) is 3.53. The number of methoxy groups -OCH3 is 1. The minimum Gasteiger partial charge on any atom is -0.507 e. The van der Waals surface area contributed by atoms with Crippen LogP contribution in [0.25, 0.3) is 32.7 Å². The van der Waals surface area contributed by atoms with Gasteiger partial charge in [0.25, 0.3) is 10.0 Å². The van der Waals surface area contributed by atoms with Gasteiger partial charge in [0.05, 0.1) is 23.4 Å². The fraction of sp³-hybridized carbons (Fsp3) is 0.182. The zero-order valence-electron chi connectivity index (χ0n) is 23.4. The highest BCUT2D eigenvalue weighted by molar-refractivity contribution is 7.92. The maximum atomic E-state index is 13.6. The van der Waals surface area contributed by atoms with Crippen LogP contribution in [0.15, 0.2) is 95.9 Å². The van der Waals surface area contributed by atoms with Crippen LogP contribution < -0.4 is 19.7 Å². The van der Waals surface area contributed by atoms with Gasteiger partial charge in [0.15, 0.2) is 0 Å². The molecule has 1 amide bonds. The summed E-state index contributed by atoms with van der Waals surface area (Å²) in [5.74, 6) is 0.469. The van der Waals surface area contributed by atoms with E-state index in [4.69, 9.17) is 4.74 Å². The first-order valence-corrected chi connectivity index (χ1v) is 15.4. The highest BCUT2D eigenvalue weighted by atomic mass is 32.2. The number of hydrogen-bond acceptors (Lipinski definition) is 6. The third-order valence-corrected chi connectivity index (χ3v) is 9.25. The number of phenols is 1. The number of fused-ring (bicyclic) bond motifs is 2. The van der Waals surface area contributed by atoms with Gasteiger partial charge in [0.2, 0.25) is 0 Å². The molecule has 0 radical (unpaired) electrons. The second-order valence-corrected chi connectivity index (χ2v) is 12.2. The number of benzene rings is 5. The van der Waals surface area contributed by atoms with Crippen LogP contribution in [0, 0.1) is 0 Å². The molecule has 1 atom stereocenters. The van der Waals surface area contributed by atoms with Crippen LogP contribution in [0.4, 0.5) is 16.2 Å². The van der Waals surface area contributed by atoms with E-state index in [0.717, 1.165) is 24.8 Å². The molecule has 43 heavy (non-hydrogen) atoms. The van der Waals surface area contributed by atoms with E-state index in [2.05, 4.69) is 10.0 Å². The van der Waals surface area contributed by atoms with Crippen molar-refractivity contribution in [3.05, 3.63) is 91.0 Å². The van der Waals surface area contributed by atoms with Gasteiger partial charge < -0.3 is 20.3 Å². The molecule has 9 nitrogen and oxygen atoms in total. The number of hydrogen-bond donors (Lipinski definition) is 4. The van der Waals surface area contributed by atoms with Crippen molar-refractivity contribution in [1.82, 2.24) is 5.32 Å². The minimum absolute atomic E-state index is 0.0375. The number of sulfonamides is 1. The van der Waals surface area contributed by atoms with Crippen LogP contribution in [0.5, 0.6) is 11.5 Å². The van der Waals surface area contributed by atoms with E-state index in [9.17, 15) is 23.4 Å². The second kappa shape index (κ2) is 11.5. The monoisotopic (exact) mass is 597 g/mol. The van der Waals surface area contributed by atoms with Crippen LogP contribution in [0.3, 0.4) is 0 Å². The Morgan fingerprint density at radius 1 is 0.977 bits per heavy atom. The number of nitrogens with one attached hydrogen (secondary N) is 2. The molecule has 1 fully saturated rings. The normalized spacial score (nSPS) is 15.0. The van der Waals surface area contributed by atoms with Crippen molar-refractivity contribution in [3.63, 3.8) is 0 Å². The predicted molar refractivity (Wildman–Crippen MR) is 169 cm³/mol. The summed E-state index contributed by atoms with van der Waals surface area (Å²) in [7, 11) is -2.55. The summed E-state index contributed by atoms with van der Waals surface area (Å²) in [5, 5.41) is 27.8. The van der Waals surface area contributed by atoms with Gasteiger partial charge in [0.1, 0.15) is 11.5 Å². The molecule has 0 aliphatic carbocycles. The second-order valence-electron chi connectivity index (χ2n) is 10.5. The van der Waals surface area contributed by atoms with Crippen LogP contribution in [0.2, 0.25) is 0 Å². The van der Waals surface area contributed by atoms with Crippen molar-refractivity contribution in [2.24, 2.45) is 0 Å². The van der Waals surface area contributed by atoms with Crippen molar-refractivity contribution >= 4 is 49.0 Å². The maximum absolute atomic E-state index is 13.6. The molecule has 0 aromatic heterocycles. The lowest BCUT2D eigenvalue weighted by molar-refractivity contribution is 0.201. The van der Waals surface area contributed by atoms with E-state index in [-0.39, 0.29) is 28.9 Å². The molecule has 4 N–H and O–H groups in total. The zero-order valence-corrected chi connectivity index (χ0v) is 24.3. The van der Waals surface area contributed by atoms with Crippen molar-refractivity contribution < 1.29 is 28.2 Å². The van der Waals surface area contributed by atoms with Gasteiger partial charge in [-0.2, -0.15) is 0 Å². The van der Waals surface area contributed by atoms with E-state index < -0.39 is 16.1 Å². The Bertz CT molecular complexity index is 1940. The molecule has 0 unspecified atom stereocenters. The molecule has 0 spiro atoms. The molecule has 5 aromatic rings. The number of phenolic OH excluding ortho intramolecular Hbond substituents is 1. The van der Waals surface area contributed by atoms with Crippen LogP contribution >= 0.6 is 0 Å². The number of rotatable bonds is 8. The molecule has 6 rings (SSSR count). The first-order chi connectivity index (χ1) is 20.8. The molecule has 5 aromatic carbocycles. The lowest BCUT2D eigenvalue weighted by atomic mass is 9.92. The quantitative estimate of drug-likeness (QED) is 0.163. The minimum atomic E-state index is -4.06. The summed E-state index contributed by atoms with van der Waals surface area (Å²) in [6, 6.07) is 25.6. The van der Waals surface area contributed by atoms with E-state index in [1.54, 1.807) is 54.6 Å². The fourth-order valence-corrected chi connectivity index (χ4v) is 6.90. The number of anilines is 2. The predicted octanol–water partition coefficient (Wildman–Crippen LogP) is 6.41. The van der Waals surface area contributed by atoms with Gasteiger partial charge in [-0.05, 0) is 66.6 Å². The van der Waals surface area contributed by atoms with Gasteiger partial charge in [-0.1, -0.05) is 54.6 Å². The van der Waals surface area contributed by atoms with E-state index in [1.165, 1.54) is 24.1 Å².